The molecule has 0 fully saturated rings. The quantitative estimate of drug-likeness (QED) is 0.307. The molecule has 0 aliphatic rings. The van der Waals surface area contributed by atoms with Crippen LogP contribution in [0.25, 0.3) is 0 Å². The molecule has 0 saturated carbocycles. The third-order valence-corrected chi connectivity index (χ3v) is 2.01. The van der Waals surface area contributed by atoms with E-state index in [1.165, 1.54) is 0 Å². The number of aliphatic imine (C=N–C) groups is 1. The molecule has 0 bridgehead atoms. The molecule has 4 nitrogen and oxygen atoms in total. The van der Waals surface area contributed by atoms with Crippen LogP contribution in [-0.2, 0) is 4.74 Å². The molecule has 0 unspecified atom stereocenters. The highest BCUT2D eigenvalue weighted by atomic mass is 127. The molecule has 0 aromatic heterocycles. The summed E-state index contributed by atoms with van der Waals surface area (Å²) in [6.45, 7) is 16.1. The lowest BCUT2D eigenvalue weighted by Gasteiger charge is -2.23. The van der Waals surface area contributed by atoms with Crippen molar-refractivity contribution in [1.29, 1.82) is 0 Å². The van der Waals surface area contributed by atoms with Crippen LogP contribution in [0.4, 0.5) is 0 Å². The van der Waals surface area contributed by atoms with Gasteiger partial charge in [0.25, 0.3) is 0 Å². The van der Waals surface area contributed by atoms with E-state index in [2.05, 4.69) is 57.2 Å². The topological polar surface area (TPSA) is 45.7 Å². The summed E-state index contributed by atoms with van der Waals surface area (Å²) in [5.74, 6) is 1.49. The number of nitrogens with zero attached hydrogens (tertiary/aromatic N) is 1. The van der Waals surface area contributed by atoms with Crippen LogP contribution in [-0.4, -0.2) is 37.8 Å². The Bertz CT molecular complexity index is 237. The lowest BCUT2D eigenvalue weighted by Crippen LogP contribution is -2.47. The number of halogens is 1. The maximum absolute atomic E-state index is 5.53. The first kappa shape index (κ1) is 21.3. The number of nitrogens with one attached hydrogen (secondary N) is 2. The van der Waals surface area contributed by atoms with Crippen molar-refractivity contribution in [1.82, 2.24) is 10.6 Å². The first-order valence-electron chi connectivity index (χ1n) is 6.99. The minimum absolute atomic E-state index is 0. The SMILES string of the molecule is CCNC(=NCCCOCC(C)C)NC(C)(C)C.I. The Morgan fingerprint density at radius 3 is 2.37 bits per heavy atom. The molecule has 0 spiro atoms. The first-order valence-corrected chi connectivity index (χ1v) is 6.99. The Morgan fingerprint density at radius 2 is 1.89 bits per heavy atom. The summed E-state index contributed by atoms with van der Waals surface area (Å²) in [6, 6.07) is 0. The Kier molecular flexibility index (Phi) is 13.2. The van der Waals surface area contributed by atoms with Crippen LogP contribution < -0.4 is 10.6 Å². The van der Waals surface area contributed by atoms with Crippen LogP contribution in [0.2, 0.25) is 0 Å². The van der Waals surface area contributed by atoms with Crippen molar-refractivity contribution < 1.29 is 4.74 Å². The molecule has 0 rings (SSSR count). The third-order valence-electron chi connectivity index (χ3n) is 2.01. The van der Waals surface area contributed by atoms with E-state index in [1.807, 2.05) is 0 Å². The predicted octanol–water partition coefficient (Wildman–Crippen LogP) is 3.02. The minimum Gasteiger partial charge on any atom is -0.381 e. The van der Waals surface area contributed by atoms with E-state index in [0.29, 0.717) is 5.92 Å². The molecule has 5 heteroatoms. The number of guanidine groups is 1. The van der Waals surface area contributed by atoms with E-state index in [0.717, 1.165) is 38.7 Å². The van der Waals surface area contributed by atoms with Crippen molar-refractivity contribution in [3.63, 3.8) is 0 Å². The minimum atomic E-state index is 0. The van der Waals surface area contributed by atoms with Gasteiger partial charge in [-0.15, -0.1) is 24.0 Å². The maximum Gasteiger partial charge on any atom is 0.191 e. The van der Waals surface area contributed by atoms with Crippen LogP contribution in [0.5, 0.6) is 0 Å². The van der Waals surface area contributed by atoms with Gasteiger partial charge in [-0.25, -0.2) is 0 Å². The highest BCUT2D eigenvalue weighted by Gasteiger charge is 2.11. The number of hydrogen-bond acceptors (Lipinski definition) is 2. The summed E-state index contributed by atoms with van der Waals surface area (Å²) < 4.78 is 5.53. The lowest BCUT2D eigenvalue weighted by molar-refractivity contribution is 0.109. The molecule has 0 amide bonds. The number of rotatable bonds is 7. The van der Waals surface area contributed by atoms with Crippen molar-refractivity contribution in [2.24, 2.45) is 10.9 Å². The van der Waals surface area contributed by atoms with Crippen molar-refractivity contribution in [2.45, 2.75) is 53.5 Å². The lowest BCUT2D eigenvalue weighted by atomic mass is 10.1. The largest absolute Gasteiger partial charge is 0.381 e. The second kappa shape index (κ2) is 11.8. The number of ether oxygens (including phenoxy) is 1. The molecule has 0 aliphatic heterocycles. The summed E-state index contributed by atoms with van der Waals surface area (Å²) >= 11 is 0. The van der Waals surface area contributed by atoms with Gasteiger partial charge in [-0.3, -0.25) is 4.99 Å². The molecule has 19 heavy (non-hydrogen) atoms. The van der Waals surface area contributed by atoms with Gasteiger partial charge in [-0.2, -0.15) is 0 Å². The van der Waals surface area contributed by atoms with E-state index >= 15 is 0 Å². The average Bonchev–Trinajstić information content (AvgIpc) is 2.20. The van der Waals surface area contributed by atoms with Crippen molar-refractivity contribution in [3.05, 3.63) is 0 Å². The van der Waals surface area contributed by atoms with Crippen LogP contribution in [0, 0.1) is 5.92 Å². The van der Waals surface area contributed by atoms with Gasteiger partial charge in [0.15, 0.2) is 5.96 Å². The number of hydrogen-bond donors (Lipinski definition) is 2. The molecule has 0 aromatic carbocycles. The molecule has 116 valence electrons. The molecule has 0 saturated heterocycles. The fourth-order valence-electron chi connectivity index (χ4n) is 1.34. The highest BCUT2D eigenvalue weighted by molar-refractivity contribution is 14.0. The zero-order valence-corrected chi connectivity index (χ0v) is 15.7. The van der Waals surface area contributed by atoms with Gasteiger partial charge in [0.05, 0.1) is 0 Å². The maximum atomic E-state index is 5.53. The van der Waals surface area contributed by atoms with Gasteiger partial charge in [-0.1, -0.05) is 13.8 Å². The first-order chi connectivity index (χ1) is 8.35. The zero-order chi connectivity index (χ0) is 14.0. The van der Waals surface area contributed by atoms with Gasteiger partial charge in [0, 0.05) is 31.8 Å². The zero-order valence-electron chi connectivity index (χ0n) is 13.4. The molecule has 0 aromatic rings. The average molecular weight is 385 g/mol. The summed E-state index contributed by atoms with van der Waals surface area (Å²) in [4.78, 5) is 4.53. The van der Waals surface area contributed by atoms with Gasteiger partial charge in [0.1, 0.15) is 0 Å². The van der Waals surface area contributed by atoms with Crippen molar-refractivity contribution >= 4 is 29.9 Å². The molecule has 0 radical (unpaired) electrons. The van der Waals surface area contributed by atoms with Crippen LogP contribution >= 0.6 is 24.0 Å². The second-order valence-electron chi connectivity index (χ2n) is 5.96. The van der Waals surface area contributed by atoms with Gasteiger partial charge < -0.3 is 15.4 Å². The smallest absolute Gasteiger partial charge is 0.191 e. The standard InChI is InChI=1S/C14H31N3O.HI/c1-7-15-13(17-14(4,5)6)16-9-8-10-18-11-12(2)3;/h12H,7-11H2,1-6H3,(H2,15,16,17);1H. The van der Waals surface area contributed by atoms with E-state index < -0.39 is 0 Å². The van der Waals surface area contributed by atoms with E-state index in [9.17, 15) is 0 Å². The molecule has 0 atom stereocenters. The Labute approximate surface area is 136 Å². The normalized spacial score (nSPS) is 12.3. The van der Waals surface area contributed by atoms with Crippen LogP contribution in [0.3, 0.4) is 0 Å². The second-order valence-corrected chi connectivity index (χ2v) is 5.96. The van der Waals surface area contributed by atoms with Crippen molar-refractivity contribution in [2.75, 3.05) is 26.3 Å². The Hall–Kier alpha value is -0.0400. The van der Waals surface area contributed by atoms with E-state index in [1.54, 1.807) is 0 Å². The van der Waals surface area contributed by atoms with Gasteiger partial charge >= 0.3 is 0 Å². The van der Waals surface area contributed by atoms with Gasteiger partial charge in [0.2, 0.25) is 0 Å². The molecule has 2 N–H and O–H groups in total. The fraction of sp³-hybridized carbons (Fsp3) is 0.929. The van der Waals surface area contributed by atoms with E-state index in [-0.39, 0.29) is 29.5 Å². The molecular weight excluding hydrogens is 353 g/mol. The Balaban J connectivity index is 0. The van der Waals surface area contributed by atoms with Crippen molar-refractivity contribution in [3.8, 4) is 0 Å². The van der Waals surface area contributed by atoms with E-state index in [4.69, 9.17) is 4.74 Å². The van der Waals surface area contributed by atoms with Gasteiger partial charge in [-0.05, 0) is 40.0 Å². The molecule has 0 heterocycles. The monoisotopic (exact) mass is 385 g/mol. The Morgan fingerprint density at radius 1 is 1.26 bits per heavy atom. The van der Waals surface area contributed by atoms with Crippen LogP contribution in [0.15, 0.2) is 4.99 Å². The predicted molar refractivity (Wildman–Crippen MR) is 94.6 cm³/mol. The third kappa shape index (κ3) is 15.9. The molecular formula is C14H32IN3O. The molecule has 0 aliphatic carbocycles. The summed E-state index contributed by atoms with van der Waals surface area (Å²) in [5.41, 5.74) is 0.0369. The fourth-order valence-corrected chi connectivity index (χ4v) is 1.34. The highest BCUT2D eigenvalue weighted by Crippen LogP contribution is 1.98. The summed E-state index contributed by atoms with van der Waals surface area (Å²) in [7, 11) is 0. The van der Waals surface area contributed by atoms with Crippen LogP contribution in [0.1, 0.15) is 48.0 Å². The summed E-state index contributed by atoms with van der Waals surface area (Å²) in [5, 5.41) is 6.61. The summed E-state index contributed by atoms with van der Waals surface area (Å²) in [6.07, 6.45) is 0.966.